The monoisotopic (exact) mass is 515 g/mol. The normalized spacial score (nSPS) is 14.8. The molecular formula is C24H24F3N7O3. The lowest BCUT2D eigenvalue weighted by Crippen LogP contribution is -2.47. The third-order valence-corrected chi connectivity index (χ3v) is 5.64. The van der Waals surface area contributed by atoms with Crippen LogP contribution >= 0.6 is 0 Å². The first-order valence-electron chi connectivity index (χ1n) is 11.4. The minimum absolute atomic E-state index is 0.00516. The summed E-state index contributed by atoms with van der Waals surface area (Å²) in [6.45, 7) is 2.88. The second-order valence-corrected chi connectivity index (χ2v) is 8.47. The molecule has 0 aliphatic carbocycles. The molecule has 0 radical (unpaired) electrons. The molecule has 1 amide bonds. The van der Waals surface area contributed by atoms with Crippen LogP contribution in [0.5, 0.6) is 5.75 Å². The molecule has 0 spiro atoms. The Morgan fingerprint density at radius 3 is 2.41 bits per heavy atom. The van der Waals surface area contributed by atoms with Gasteiger partial charge in [-0.05, 0) is 25.2 Å². The number of nitrogens with zero attached hydrogens (tertiary/aromatic N) is 6. The van der Waals surface area contributed by atoms with Gasteiger partial charge in [0, 0.05) is 50.3 Å². The van der Waals surface area contributed by atoms with Crippen molar-refractivity contribution in [2.24, 2.45) is 0 Å². The maximum absolute atomic E-state index is 12.9. The van der Waals surface area contributed by atoms with Crippen LogP contribution in [-0.4, -0.2) is 87.6 Å². The summed E-state index contributed by atoms with van der Waals surface area (Å²) < 4.78 is 42.9. The molecular weight excluding hydrogens is 491 g/mol. The number of ether oxygens (including phenoxy) is 1. The summed E-state index contributed by atoms with van der Waals surface area (Å²) in [4.78, 5) is 46.0. The number of carbonyl (C=O) groups excluding carboxylic acids is 2. The number of rotatable bonds is 8. The first kappa shape index (κ1) is 26.1. The van der Waals surface area contributed by atoms with Gasteiger partial charge in [-0.1, -0.05) is 0 Å². The molecule has 1 aliphatic heterocycles. The Labute approximate surface area is 210 Å². The van der Waals surface area contributed by atoms with E-state index in [9.17, 15) is 22.8 Å². The van der Waals surface area contributed by atoms with Crippen molar-refractivity contribution in [3.05, 3.63) is 60.4 Å². The van der Waals surface area contributed by atoms with E-state index < -0.39 is 23.8 Å². The van der Waals surface area contributed by atoms with Crippen LogP contribution in [0.25, 0.3) is 11.4 Å². The molecule has 13 heteroatoms. The van der Waals surface area contributed by atoms with Crippen molar-refractivity contribution >= 4 is 17.4 Å². The Kier molecular flexibility index (Phi) is 8.04. The van der Waals surface area contributed by atoms with Crippen molar-refractivity contribution in [3.63, 3.8) is 0 Å². The first-order valence-corrected chi connectivity index (χ1v) is 11.4. The lowest BCUT2D eigenvalue weighted by Gasteiger charge is -2.31. The Hall–Kier alpha value is -3.97. The van der Waals surface area contributed by atoms with Crippen molar-refractivity contribution in [2.45, 2.75) is 12.8 Å². The molecule has 3 aromatic rings. The lowest BCUT2D eigenvalue weighted by molar-refractivity contribution is -0.274. The maximum atomic E-state index is 12.9. The molecule has 1 saturated heterocycles. The zero-order valence-electron chi connectivity index (χ0n) is 19.9. The molecule has 1 fully saturated rings. The van der Waals surface area contributed by atoms with Crippen molar-refractivity contribution in [2.75, 3.05) is 45.1 Å². The van der Waals surface area contributed by atoms with Gasteiger partial charge in [-0.25, -0.2) is 0 Å². The molecule has 0 saturated carbocycles. The zero-order valence-corrected chi connectivity index (χ0v) is 19.9. The molecule has 37 heavy (non-hydrogen) atoms. The smallest absolute Gasteiger partial charge is 0.404 e. The number of aromatic nitrogens is 4. The summed E-state index contributed by atoms with van der Waals surface area (Å²) in [5, 5.41) is 2.46. The molecule has 2 aromatic heterocycles. The highest BCUT2D eigenvalue weighted by molar-refractivity contribution is 6.00. The maximum Gasteiger partial charge on any atom is 0.573 e. The van der Waals surface area contributed by atoms with Gasteiger partial charge in [0.1, 0.15) is 11.4 Å². The second kappa shape index (κ2) is 11.4. The molecule has 0 bridgehead atoms. The molecule has 0 unspecified atom stereocenters. The fourth-order valence-electron chi connectivity index (χ4n) is 3.69. The van der Waals surface area contributed by atoms with E-state index in [4.69, 9.17) is 0 Å². The van der Waals surface area contributed by atoms with Gasteiger partial charge in [0.05, 0.1) is 36.7 Å². The Balaban J connectivity index is 1.47. The van der Waals surface area contributed by atoms with E-state index in [1.54, 1.807) is 0 Å². The molecule has 4 rings (SSSR count). The third kappa shape index (κ3) is 7.51. The SMILES string of the molecule is CN1CCN(CC(=O)Nc2cc(C(=O)Cc3cnc(-c4cnccn4)cn3)ccc2OC(F)(F)F)CC1. The van der Waals surface area contributed by atoms with Crippen molar-refractivity contribution in [3.8, 4) is 17.1 Å². The number of hydrogen-bond donors (Lipinski definition) is 1. The average molecular weight is 515 g/mol. The molecule has 10 nitrogen and oxygen atoms in total. The fourth-order valence-corrected chi connectivity index (χ4v) is 3.69. The number of likely N-dealkylation sites (N-methyl/N-ethyl adjacent to an activating group) is 1. The molecule has 0 atom stereocenters. The van der Waals surface area contributed by atoms with E-state index in [1.165, 1.54) is 43.1 Å². The third-order valence-electron chi connectivity index (χ3n) is 5.64. The van der Waals surface area contributed by atoms with E-state index in [-0.39, 0.29) is 24.2 Å². The number of amides is 1. The number of anilines is 1. The van der Waals surface area contributed by atoms with Crippen LogP contribution in [0.15, 0.2) is 49.2 Å². The van der Waals surface area contributed by atoms with E-state index in [0.29, 0.717) is 30.2 Å². The van der Waals surface area contributed by atoms with Gasteiger partial charge < -0.3 is 15.0 Å². The van der Waals surface area contributed by atoms with Crippen molar-refractivity contribution in [1.29, 1.82) is 0 Å². The van der Waals surface area contributed by atoms with Crippen LogP contribution in [0.2, 0.25) is 0 Å². The predicted molar refractivity (Wildman–Crippen MR) is 127 cm³/mol. The summed E-state index contributed by atoms with van der Waals surface area (Å²) in [6, 6.07) is 3.39. The average Bonchev–Trinajstić information content (AvgIpc) is 2.86. The van der Waals surface area contributed by atoms with Crippen LogP contribution in [0, 0.1) is 0 Å². The zero-order chi connectivity index (χ0) is 26.4. The second-order valence-electron chi connectivity index (χ2n) is 8.47. The van der Waals surface area contributed by atoms with E-state index in [1.807, 2.05) is 11.9 Å². The number of piperazine rings is 1. The lowest BCUT2D eigenvalue weighted by atomic mass is 10.1. The summed E-state index contributed by atoms with van der Waals surface area (Å²) in [7, 11) is 1.97. The van der Waals surface area contributed by atoms with E-state index in [0.717, 1.165) is 19.2 Å². The van der Waals surface area contributed by atoms with Gasteiger partial charge in [-0.3, -0.25) is 34.4 Å². The minimum Gasteiger partial charge on any atom is -0.404 e. The van der Waals surface area contributed by atoms with Crippen molar-refractivity contribution < 1.29 is 27.5 Å². The van der Waals surface area contributed by atoms with Gasteiger partial charge in [-0.15, -0.1) is 13.2 Å². The largest absolute Gasteiger partial charge is 0.573 e. The highest BCUT2D eigenvalue weighted by Crippen LogP contribution is 2.31. The van der Waals surface area contributed by atoms with E-state index in [2.05, 4.69) is 34.9 Å². The first-order chi connectivity index (χ1) is 17.7. The van der Waals surface area contributed by atoms with Gasteiger partial charge in [0.15, 0.2) is 11.5 Å². The molecule has 194 valence electrons. The standard InChI is InChI=1S/C24H24F3N7O3/c1-33-6-8-34(9-7-33)15-23(36)32-18-10-16(2-3-22(18)37-24(25,26)27)21(35)11-17-12-31-20(14-30-17)19-13-28-4-5-29-19/h2-5,10,12-14H,6-9,11,15H2,1H3,(H,32,36). The molecule has 1 N–H and O–H groups in total. The molecule has 1 aromatic carbocycles. The van der Waals surface area contributed by atoms with Crippen molar-refractivity contribution in [1.82, 2.24) is 29.7 Å². The predicted octanol–water partition coefficient (Wildman–Crippen LogP) is 2.44. The number of halogens is 3. The van der Waals surface area contributed by atoms with Gasteiger partial charge >= 0.3 is 6.36 Å². The summed E-state index contributed by atoms with van der Waals surface area (Å²) in [5.74, 6) is -1.54. The quantitative estimate of drug-likeness (QED) is 0.452. The number of benzene rings is 1. The minimum atomic E-state index is -4.97. The van der Waals surface area contributed by atoms with Crippen LogP contribution in [0.3, 0.4) is 0 Å². The topological polar surface area (TPSA) is 113 Å². The number of nitrogens with one attached hydrogen (secondary N) is 1. The summed E-state index contributed by atoms with van der Waals surface area (Å²) in [5.41, 5.74) is 1.19. The van der Waals surface area contributed by atoms with Gasteiger partial charge in [0.2, 0.25) is 5.91 Å². The van der Waals surface area contributed by atoms with Crippen LogP contribution in [-0.2, 0) is 11.2 Å². The fraction of sp³-hybridized carbons (Fsp3) is 0.333. The van der Waals surface area contributed by atoms with Crippen LogP contribution in [0.4, 0.5) is 18.9 Å². The Morgan fingerprint density at radius 2 is 1.76 bits per heavy atom. The number of Topliss-reactive ketones (excluding diaryl/α,β-unsaturated/α-hetero) is 1. The summed E-state index contributed by atoms with van der Waals surface area (Å²) >= 11 is 0. The summed E-state index contributed by atoms with van der Waals surface area (Å²) in [6.07, 6.45) is 2.32. The highest BCUT2D eigenvalue weighted by atomic mass is 19.4. The van der Waals surface area contributed by atoms with Gasteiger partial charge in [0.25, 0.3) is 0 Å². The Morgan fingerprint density at radius 1 is 1.00 bits per heavy atom. The number of ketones is 1. The highest BCUT2D eigenvalue weighted by Gasteiger charge is 2.32. The van der Waals surface area contributed by atoms with Crippen LogP contribution in [0.1, 0.15) is 16.1 Å². The number of hydrogen-bond acceptors (Lipinski definition) is 9. The number of alkyl halides is 3. The number of carbonyl (C=O) groups is 2. The van der Waals surface area contributed by atoms with Crippen LogP contribution < -0.4 is 10.1 Å². The van der Waals surface area contributed by atoms with E-state index >= 15 is 0 Å². The molecule has 1 aliphatic rings. The Bertz CT molecular complexity index is 1230. The molecule has 3 heterocycles. The van der Waals surface area contributed by atoms with Gasteiger partial charge in [-0.2, -0.15) is 0 Å².